The number of carbonyl (C=O) groups is 1. The van der Waals surface area contributed by atoms with Gasteiger partial charge in [0.05, 0.1) is 4.88 Å². The maximum Gasteiger partial charge on any atom is 0.261 e. The van der Waals surface area contributed by atoms with Crippen molar-refractivity contribution in [1.29, 1.82) is 0 Å². The topological polar surface area (TPSA) is 68.0 Å². The van der Waals surface area contributed by atoms with E-state index in [1.165, 1.54) is 23.8 Å². The minimum absolute atomic E-state index is 0.432. The molecule has 140 valence electrons. The second kappa shape index (κ2) is 7.32. The molecular formula is C20H13F2N3O2S. The van der Waals surface area contributed by atoms with Crippen LogP contribution in [0.1, 0.15) is 15.2 Å². The Morgan fingerprint density at radius 2 is 1.82 bits per heavy atom. The predicted molar refractivity (Wildman–Crippen MR) is 102 cm³/mol. The first-order valence-electron chi connectivity index (χ1n) is 8.25. The van der Waals surface area contributed by atoms with Crippen LogP contribution in [0.15, 0.2) is 59.3 Å². The van der Waals surface area contributed by atoms with Gasteiger partial charge in [-0.2, -0.15) is 0 Å². The lowest BCUT2D eigenvalue weighted by Crippen LogP contribution is -2.15. The van der Waals surface area contributed by atoms with Crippen LogP contribution in [0, 0.1) is 18.6 Å². The number of halogens is 2. The SMILES string of the molecule is Cc1sc(-c2nnco2)cc1-c1ccc(NC(=O)c2c(F)cccc2F)cc1. The van der Waals surface area contributed by atoms with E-state index in [1.807, 2.05) is 25.1 Å². The van der Waals surface area contributed by atoms with Crippen LogP contribution in [0.2, 0.25) is 0 Å². The molecule has 0 radical (unpaired) electrons. The Morgan fingerprint density at radius 1 is 1.11 bits per heavy atom. The summed E-state index contributed by atoms with van der Waals surface area (Å²) in [5.74, 6) is -2.20. The van der Waals surface area contributed by atoms with Crippen LogP contribution in [0.4, 0.5) is 14.5 Å². The highest BCUT2D eigenvalue weighted by Gasteiger charge is 2.17. The number of thiophene rings is 1. The first-order chi connectivity index (χ1) is 13.5. The molecule has 2 heterocycles. The Hall–Kier alpha value is -3.39. The number of nitrogens with zero attached hydrogens (tertiary/aromatic N) is 2. The van der Waals surface area contributed by atoms with Gasteiger partial charge in [-0.3, -0.25) is 4.79 Å². The summed E-state index contributed by atoms with van der Waals surface area (Å²) in [6.07, 6.45) is 1.28. The van der Waals surface area contributed by atoms with E-state index in [1.54, 1.807) is 12.1 Å². The third-order valence-corrected chi connectivity index (χ3v) is 5.17. The van der Waals surface area contributed by atoms with Crippen LogP contribution in [0.5, 0.6) is 0 Å². The highest BCUT2D eigenvalue weighted by molar-refractivity contribution is 7.15. The Morgan fingerprint density at radius 3 is 2.46 bits per heavy atom. The average molecular weight is 397 g/mol. The molecule has 0 saturated carbocycles. The number of hydrogen-bond acceptors (Lipinski definition) is 5. The summed E-state index contributed by atoms with van der Waals surface area (Å²) in [5.41, 5.74) is 1.75. The Labute approximate surface area is 162 Å². The number of amides is 1. The highest BCUT2D eigenvalue weighted by atomic mass is 32.1. The van der Waals surface area contributed by atoms with E-state index in [0.717, 1.165) is 33.0 Å². The molecule has 0 aliphatic heterocycles. The molecule has 0 unspecified atom stereocenters. The van der Waals surface area contributed by atoms with Gasteiger partial charge in [0.25, 0.3) is 11.8 Å². The zero-order valence-electron chi connectivity index (χ0n) is 14.6. The van der Waals surface area contributed by atoms with E-state index >= 15 is 0 Å². The number of aryl methyl sites for hydroxylation is 1. The second-order valence-electron chi connectivity index (χ2n) is 5.95. The minimum atomic E-state index is -0.906. The third-order valence-electron chi connectivity index (χ3n) is 4.13. The summed E-state index contributed by atoms with van der Waals surface area (Å²) in [7, 11) is 0. The predicted octanol–water partition coefficient (Wildman–Crippen LogP) is 5.30. The Balaban J connectivity index is 1.56. The van der Waals surface area contributed by atoms with E-state index in [9.17, 15) is 13.6 Å². The molecule has 0 bridgehead atoms. The molecule has 28 heavy (non-hydrogen) atoms. The van der Waals surface area contributed by atoms with Crippen molar-refractivity contribution in [3.05, 3.63) is 77.0 Å². The maximum atomic E-state index is 13.7. The maximum absolute atomic E-state index is 13.7. The molecule has 0 saturated heterocycles. The van der Waals surface area contributed by atoms with Crippen molar-refractivity contribution >= 4 is 22.9 Å². The molecular weight excluding hydrogens is 384 g/mol. The largest absolute Gasteiger partial charge is 0.423 e. The molecule has 1 N–H and O–H groups in total. The molecule has 0 atom stereocenters. The van der Waals surface area contributed by atoms with Crippen molar-refractivity contribution < 1.29 is 18.0 Å². The fraction of sp³-hybridized carbons (Fsp3) is 0.0500. The van der Waals surface area contributed by atoms with Gasteiger partial charge < -0.3 is 9.73 Å². The normalized spacial score (nSPS) is 10.8. The van der Waals surface area contributed by atoms with Gasteiger partial charge in [-0.25, -0.2) is 8.78 Å². The molecule has 5 nitrogen and oxygen atoms in total. The number of hydrogen-bond donors (Lipinski definition) is 1. The van der Waals surface area contributed by atoms with E-state index in [4.69, 9.17) is 4.42 Å². The Bertz CT molecular complexity index is 1120. The summed E-state index contributed by atoms with van der Waals surface area (Å²) < 4.78 is 32.7. The van der Waals surface area contributed by atoms with Gasteiger partial charge in [0.1, 0.15) is 17.2 Å². The van der Waals surface area contributed by atoms with Gasteiger partial charge in [-0.1, -0.05) is 18.2 Å². The van der Waals surface area contributed by atoms with Crippen LogP contribution in [0.25, 0.3) is 21.9 Å². The summed E-state index contributed by atoms with van der Waals surface area (Å²) in [6.45, 7) is 1.98. The third kappa shape index (κ3) is 3.41. The van der Waals surface area contributed by atoms with Crippen molar-refractivity contribution in [3.8, 4) is 21.9 Å². The number of nitrogens with one attached hydrogen (secondary N) is 1. The van der Waals surface area contributed by atoms with Crippen LogP contribution in [-0.4, -0.2) is 16.1 Å². The molecule has 0 aliphatic carbocycles. The Kier molecular flexibility index (Phi) is 4.70. The first kappa shape index (κ1) is 18.0. The van der Waals surface area contributed by atoms with Crippen molar-refractivity contribution in [2.45, 2.75) is 6.92 Å². The van der Waals surface area contributed by atoms with Gasteiger partial charge in [0, 0.05) is 10.6 Å². The minimum Gasteiger partial charge on any atom is -0.423 e. The quantitative estimate of drug-likeness (QED) is 0.507. The highest BCUT2D eigenvalue weighted by Crippen LogP contribution is 2.36. The number of aromatic nitrogens is 2. The summed E-state index contributed by atoms with van der Waals surface area (Å²) in [4.78, 5) is 14.1. The molecule has 0 aliphatic rings. The monoisotopic (exact) mass is 397 g/mol. The van der Waals surface area contributed by atoms with E-state index in [-0.39, 0.29) is 0 Å². The molecule has 0 fully saturated rings. The number of rotatable bonds is 4. The number of anilines is 1. The second-order valence-corrected chi connectivity index (χ2v) is 7.21. The van der Waals surface area contributed by atoms with Gasteiger partial charge in [-0.15, -0.1) is 21.5 Å². The zero-order valence-corrected chi connectivity index (χ0v) is 15.4. The van der Waals surface area contributed by atoms with E-state index in [0.29, 0.717) is 11.6 Å². The summed E-state index contributed by atoms with van der Waals surface area (Å²) in [5, 5.41) is 10.1. The van der Waals surface area contributed by atoms with Gasteiger partial charge >= 0.3 is 0 Å². The van der Waals surface area contributed by atoms with E-state index < -0.39 is 23.1 Å². The van der Waals surface area contributed by atoms with Gasteiger partial charge in [0.15, 0.2) is 0 Å². The number of carbonyl (C=O) groups excluding carboxylic acids is 1. The van der Waals surface area contributed by atoms with Crippen molar-refractivity contribution in [3.63, 3.8) is 0 Å². The zero-order chi connectivity index (χ0) is 19.7. The summed E-state index contributed by atoms with van der Waals surface area (Å²) in [6, 6.07) is 12.2. The lowest BCUT2D eigenvalue weighted by molar-refractivity contribution is 0.101. The molecule has 2 aromatic carbocycles. The standard InChI is InChI=1S/C20H13F2N3O2S/c1-11-14(9-17(28-11)20-25-23-10-27-20)12-5-7-13(8-6-12)24-19(26)18-15(21)3-2-4-16(18)22/h2-10H,1H3,(H,24,26). The molecule has 0 spiro atoms. The first-order valence-corrected chi connectivity index (χ1v) is 9.07. The van der Waals surface area contributed by atoms with Crippen LogP contribution in [0.3, 0.4) is 0 Å². The van der Waals surface area contributed by atoms with Crippen molar-refractivity contribution in [1.82, 2.24) is 10.2 Å². The van der Waals surface area contributed by atoms with Crippen molar-refractivity contribution in [2.24, 2.45) is 0 Å². The van der Waals surface area contributed by atoms with Gasteiger partial charge in [-0.05, 0) is 48.4 Å². The molecule has 2 aromatic heterocycles. The molecule has 8 heteroatoms. The molecule has 4 rings (SSSR count). The van der Waals surface area contributed by atoms with Crippen molar-refractivity contribution in [2.75, 3.05) is 5.32 Å². The lowest BCUT2D eigenvalue weighted by Gasteiger charge is -2.08. The van der Waals surface area contributed by atoms with Gasteiger partial charge in [0.2, 0.25) is 6.39 Å². The number of benzene rings is 2. The smallest absolute Gasteiger partial charge is 0.261 e. The lowest BCUT2D eigenvalue weighted by atomic mass is 10.1. The van der Waals surface area contributed by atoms with E-state index in [2.05, 4.69) is 15.5 Å². The fourth-order valence-electron chi connectivity index (χ4n) is 2.80. The van der Waals surface area contributed by atoms with Crippen LogP contribution in [-0.2, 0) is 0 Å². The van der Waals surface area contributed by atoms with Crippen LogP contribution < -0.4 is 5.32 Å². The van der Waals surface area contributed by atoms with Crippen LogP contribution >= 0.6 is 11.3 Å². The average Bonchev–Trinajstić information content (AvgIpc) is 3.32. The molecule has 4 aromatic rings. The summed E-state index contributed by atoms with van der Waals surface area (Å²) >= 11 is 1.53. The fourth-order valence-corrected chi connectivity index (χ4v) is 3.77. The molecule has 1 amide bonds.